The molecule has 294 valence electrons. The standard InChI is InChI=1S/C37H38O18/c1-50-21-10-15(2-8-18(21)40)3-9-26(42)51-14-25-30(44)33(47)35(49)37(55-25)54-23-12-22-27(19(41)11-20(52-22)16-4-6-17(39)7-5-16)31(45)28(23)36-34(48)32(46)29(43)24(13-38)53-36/h2-12,24-25,29-30,32-40,43-49H,13-14H2,1H3/b9-3+/t24-,25-,29-,30-,32+,33+,34-,35-,36+,37-/m1/s1. The van der Waals surface area contributed by atoms with Crippen molar-refractivity contribution in [3.63, 3.8) is 0 Å². The lowest BCUT2D eigenvalue weighted by Gasteiger charge is -2.42. The molecule has 2 aliphatic heterocycles. The van der Waals surface area contributed by atoms with E-state index in [1.165, 1.54) is 55.7 Å². The number of carbonyl (C=O) groups excluding carboxylic acids is 1. The predicted molar refractivity (Wildman–Crippen MR) is 186 cm³/mol. The van der Waals surface area contributed by atoms with Crippen LogP contribution in [0, 0.1) is 0 Å². The van der Waals surface area contributed by atoms with Crippen molar-refractivity contribution in [3.8, 4) is 40.1 Å². The molecule has 3 aromatic carbocycles. The minimum absolute atomic E-state index is 0.0172. The molecule has 0 radical (unpaired) electrons. The molecule has 2 saturated heterocycles. The van der Waals surface area contributed by atoms with Gasteiger partial charge in [-0.3, -0.25) is 4.79 Å². The van der Waals surface area contributed by atoms with E-state index in [1.54, 1.807) is 0 Å². The molecule has 0 saturated carbocycles. The molecule has 0 spiro atoms. The SMILES string of the molecule is COc1cc(/C=C/C(=O)OC[C@H]2O[C@@H](Oc3cc4oc(-c5ccc(O)cc5)cc(=O)c4c(O)c3[C@@H]3O[C@H](CO)[C@@H](O)[C@H](O)[C@H]3O)[C@H](O)[C@@H](O)[C@@H]2O)ccc1O. The fraction of sp³-hybridized carbons (Fsp3) is 0.351. The number of rotatable bonds is 10. The van der Waals surface area contributed by atoms with Crippen molar-refractivity contribution in [2.45, 2.75) is 61.2 Å². The molecular formula is C37H38O18. The molecule has 0 amide bonds. The van der Waals surface area contributed by atoms with Crippen LogP contribution in [0.25, 0.3) is 28.4 Å². The zero-order valence-corrected chi connectivity index (χ0v) is 28.8. The van der Waals surface area contributed by atoms with Crippen molar-refractivity contribution < 1.29 is 84.0 Å². The number of aliphatic hydroxyl groups excluding tert-OH is 7. The number of phenols is 3. The van der Waals surface area contributed by atoms with Crippen LogP contribution in [0.1, 0.15) is 17.2 Å². The molecule has 10 N–H and O–H groups in total. The quantitative estimate of drug-likeness (QED) is 0.0721. The second kappa shape index (κ2) is 16.2. The van der Waals surface area contributed by atoms with Crippen molar-refractivity contribution in [3.05, 3.63) is 82.0 Å². The third kappa shape index (κ3) is 7.94. The van der Waals surface area contributed by atoms with Crippen LogP contribution in [0.2, 0.25) is 0 Å². The maximum absolute atomic E-state index is 13.5. The van der Waals surface area contributed by atoms with E-state index in [2.05, 4.69) is 0 Å². The zero-order chi connectivity index (χ0) is 39.7. The molecule has 1 aromatic heterocycles. The van der Waals surface area contributed by atoms with Gasteiger partial charge in [0.15, 0.2) is 16.9 Å². The first-order chi connectivity index (χ1) is 26.2. The van der Waals surface area contributed by atoms with Crippen LogP contribution in [0.3, 0.4) is 0 Å². The van der Waals surface area contributed by atoms with Crippen LogP contribution in [-0.2, 0) is 19.0 Å². The molecule has 18 heteroatoms. The predicted octanol–water partition coefficient (Wildman–Crippen LogP) is -0.457. The first-order valence-electron chi connectivity index (χ1n) is 16.7. The van der Waals surface area contributed by atoms with Gasteiger partial charge in [-0.1, -0.05) is 6.07 Å². The lowest BCUT2D eigenvalue weighted by Crippen LogP contribution is -2.60. The Morgan fingerprint density at radius 2 is 1.49 bits per heavy atom. The average Bonchev–Trinajstić information content (AvgIpc) is 3.17. The van der Waals surface area contributed by atoms with Gasteiger partial charge in [0, 0.05) is 23.8 Å². The smallest absolute Gasteiger partial charge is 0.330 e. The van der Waals surface area contributed by atoms with Gasteiger partial charge in [0.1, 0.15) is 95.5 Å². The van der Waals surface area contributed by atoms with Crippen LogP contribution in [0.5, 0.6) is 28.7 Å². The van der Waals surface area contributed by atoms with E-state index in [4.69, 9.17) is 28.1 Å². The first-order valence-corrected chi connectivity index (χ1v) is 16.7. The monoisotopic (exact) mass is 770 g/mol. The molecule has 2 fully saturated rings. The van der Waals surface area contributed by atoms with Crippen LogP contribution < -0.4 is 14.9 Å². The summed E-state index contributed by atoms with van der Waals surface area (Å²) < 4.78 is 33.5. The van der Waals surface area contributed by atoms with Gasteiger partial charge in [0.2, 0.25) is 6.29 Å². The number of aromatic hydroxyl groups is 3. The Labute approximate surface area is 310 Å². The number of phenolic OH excluding ortho intramolecular Hbond substituents is 3. The van der Waals surface area contributed by atoms with E-state index in [9.17, 15) is 60.7 Å². The van der Waals surface area contributed by atoms with Gasteiger partial charge in [0.25, 0.3) is 0 Å². The highest BCUT2D eigenvalue weighted by atomic mass is 16.7. The van der Waals surface area contributed by atoms with Gasteiger partial charge in [-0.2, -0.15) is 0 Å². The molecule has 55 heavy (non-hydrogen) atoms. The molecule has 2 aliphatic rings. The summed E-state index contributed by atoms with van der Waals surface area (Å²) in [6.45, 7) is -1.53. The Hall–Kier alpha value is -5.28. The Bertz CT molecular complexity index is 2090. The third-order valence-electron chi connectivity index (χ3n) is 9.24. The second-order valence-corrected chi connectivity index (χ2v) is 12.8. The largest absolute Gasteiger partial charge is 0.508 e. The lowest BCUT2D eigenvalue weighted by molar-refractivity contribution is -0.279. The minimum Gasteiger partial charge on any atom is -0.508 e. The maximum Gasteiger partial charge on any atom is 0.330 e. The molecule has 0 bridgehead atoms. The Morgan fingerprint density at radius 1 is 0.800 bits per heavy atom. The van der Waals surface area contributed by atoms with Crippen LogP contribution in [0.15, 0.2) is 69.9 Å². The third-order valence-corrected chi connectivity index (χ3v) is 9.24. The number of esters is 1. The van der Waals surface area contributed by atoms with Crippen molar-refractivity contribution in [2.24, 2.45) is 0 Å². The van der Waals surface area contributed by atoms with E-state index in [-0.39, 0.29) is 28.6 Å². The van der Waals surface area contributed by atoms with E-state index in [1.807, 2.05) is 0 Å². The van der Waals surface area contributed by atoms with Crippen molar-refractivity contribution in [1.29, 1.82) is 0 Å². The topological polar surface area (TPSA) is 296 Å². The number of ether oxygens (including phenoxy) is 5. The Morgan fingerprint density at radius 3 is 2.18 bits per heavy atom. The summed E-state index contributed by atoms with van der Waals surface area (Å²) >= 11 is 0. The normalized spacial score (nSPS) is 28.3. The zero-order valence-electron chi connectivity index (χ0n) is 28.8. The highest BCUT2D eigenvalue weighted by Gasteiger charge is 2.49. The van der Waals surface area contributed by atoms with Crippen molar-refractivity contribution in [1.82, 2.24) is 0 Å². The van der Waals surface area contributed by atoms with Gasteiger partial charge < -0.3 is 79.2 Å². The summed E-state index contributed by atoms with van der Waals surface area (Å²) in [7, 11) is 1.35. The number of methoxy groups -OCH3 is 1. The van der Waals surface area contributed by atoms with E-state index >= 15 is 0 Å². The fourth-order valence-corrected chi connectivity index (χ4v) is 6.23. The molecule has 10 atom stereocenters. The fourth-order valence-electron chi connectivity index (χ4n) is 6.23. The summed E-state index contributed by atoms with van der Waals surface area (Å²) in [5, 5.41) is 105. The molecule has 6 rings (SSSR count). The van der Waals surface area contributed by atoms with Crippen molar-refractivity contribution >= 4 is 23.0 Å². The first kappa shape index (κ1) is 39.4. The van der Waals surface area contributed by atoms with Gasteiger partial charge >= 0.3 is 5.97 Å². The lowest BCUT2D eigenvalue weighted by atomic mass is 9.89. The maximum atomic E-state index is 13.5. The molecule has 0 aliphatic carbocycles. The van der Waals surface area contributed by atoms with Gasteiger partial charge in [-0.25, -0.2) is 4.79 Å². The van der Waals surface area contributed by atoms with Gasteiger partial charge in [0.05, 0.1) is 19.3 Å². The van der Waals surface area contributed by atoms with Crippen molar-refractivity contribution in [2.75, 3.05) is 20.3 Å². The molecule has 3 heterocycles. The Kier molecular flexibility index (Phi) is 11.6. The number of fused-ring (bicyclic) bond motifs is 1. The number of hydrogen-bond donors (Lipinski definition) is 10. The summed E-state index contributed by atoms with van der Waals surface area (Å²) in [4.78, 5) is 26.0. The molecule has 18 nitrogen and oxygen atoms in total. The second-order valence-electron chi connectivity index (χ2n) is 12.8. The van der Waals surface area contributed by atoms with Gasteiger partial charge in [-0.05, 0) is 48.0 Å². The molecule has 0 unspecified atom stereocenters. The van der Waals surface area contributed by atoms with Gasteiger partial charge in [-0.15, -0.1) is 0 Å². The molecular weight excluding hydrogens is 732 g/mol. The van der Waals surface area contributed by atoms with E-state index < -0.39 is 108 Å². The van der Waals surface area contributed by atoms with Crippen LogP contribution in [0.4, 0.5) is 0 Å². The highest BCUT2D eigenvalue weighted by Crippen LogP contribution is 2.46. The summed E-state index contributed by atoms with van der Waals surface area (Å²) in [6, 6.07) is 12.0. The highest BCUT2D eigenvalue weighted by molar-refractivity contribution is 5.88. The number of hydrogen-bond acceptors (Lipinski definition) is 18. The van der Waals surface area contributed by atoms with E-state index in [0.717, 1.165) is 18.2 Å². The number of benzene rings is 3. The summed E-state index contributed by atoms with van der Waals surface area (Å²) in [5.74, 6) is -2.37. The number of aliphatic hydroxyl groups is 7. The number of carbonyl (C=O) groups is 1. The molecule has 4 aromatic rings. The van der Waals surface area contributed by atoms with Crippen LogP contribution >= 0.6 is 0 Å². The summed E-state index contributed by atoms with van der Waals surface area (Å²) in [5.41, 5.74) is -0.829. The minimum atomic E-state index is -2.01. The summed E-state index contributed by atoms with van der Waals surface area (Å²) in [6.07, 6.45) is -15.9. The Balaban J connectivity index is 1.33. The average molecular weight is 771 g/mol. The van der Waals surface area contributed by atoms with Crippen LogP contribution in [-0.4, -0.2) is 132 Å². The van der Waals surface area contributed by atoms with E-state index in [0.29, 0.717) is 11.1 Å².